The van der Waals surface area contributed by atoms with Gasteiger partial charge < -0.3 is 9.88 Å². The number of nitrogens with zero attached hydrogens (tertiary/aromatic N) is 3. The minimum atomic E-state index is -0.239. The standard InChI is InChI=1S/C21H18N4OS/c1-13-23-18(12-27-13)21(26)25-11-9-15-14-6-2-3-7-16(14)24-19(15)20(25)17-8-4-5-10-22-17/h2-8,10,12,20,24H,9,11H2,1H3/t20-/m0/s1. The number of hydrogen-bond acceptors (Lipinski definition) is 4. The van der Waals surface area contributed by atoms with Gasteiger partial charge in [-0.15, -0.1) is 11.3 Å². The summed E-state index contributed by atoms with van der Waals surface area (Å²) in [6.07, 6.45) is 2.60. The van der Waals surface area contributed by atoms with Crippen molar-refractivity contribution in [1.82, 2.24) is 19.9 Å². The smallest absolute Gasteiger partial charge is 0.274 e. The van der Waals surface area contributed by atoms with Crippen molar-refractivity contribution >= 4 is 28.1 Å². The predicted octanol–water partition coefficient (Wildman–Crippen LogP) is 4.12. The summed E-state index contributed by atoms with van der Waals surface area (Å²) in [7, 11) is 0. The number of H-pyrrole nitrogens is 1. The first-order valence-electron chi connectivity index (χ1n) is 8.96. The van der Waals surface area contributed by atoms with E-state index in [0.717, 1.165) is 28.3 Å². The summed E-state index contributed by atoms with van der Waals surface area (Å²) in [5.41, 5.74) is 4.81. The van der Waals surface area contributed by atoms with Crippen LogP contribution in [0.3, 0.4) is 0 Å². The maximum atomic E-state index is 13.3. The number of carbonyl (C=O) groups excluding carboxylic acids is 1. The Morgan fingerprint density at radius 3 is 2.85 bits per heavy atom. The quantitative estimate of drug-likeness (QED) is 0.574. The second kappa shape index (κ2) is 6.32. The molecule has 6 heteroatoms. The van der Waals surface area contributed by atoms with E-state index in [2.05, 4.69) is 33.2 Å². The van der Waals surface area contributed by atoms with Gasteiger partial charge in [-0.1, -0.05) is 24.3 Å². The van der Waals surface area contributed by atoms with Crippen molar-refractivity contribution in [2.75, 3.05) is 6.54 Å². The first-order chi connectivity index (χ1) is 13.2. The van der Waals surface area contributed by atoms with Gasteiger partial charge in [0.15, 0.2) is 0 Å². The molecule has 0 fully saturated rings. The van der Waals surface area contributed by atoms with E-state index in [1.807, 2.05) is 41.5 Å². The van der Waals surface area contributed by atoms with Crippen LogP contribution in [0.4, 0.5) is 0 Å². The summed E-state index contributed by atoms with van der Waals surface area (Å²) in [4.78, 5) is 27.7. The van der Waals surface area contributed by atoms with Gasteiger partial charge >= 0.3 is 0 Å². The molecule has 5 rings (SSSR count). The SMILES string of the molecule is Cc1nc(C(=O)N2CCc3c([nH]c4ccccc34)[C@@H]2c2ccccn2)cs1. The van der Waals surface area contributed by atoms with E-state index < -0.39 is 0 Å². The Morgan fingerprint density at radius 2 is 2.07 bits per heavy atom. The number of aromatic nitrogens is 3. The average molecular weight is 374 g/mol. The van der Waals surface area contributed by atoms with Crippen molar-refractivity contribution in [3.05, 3.63) is 81.7 Å². The van der Waals surface area contributed by atoms with E-state index in [-0.39, 0.29) is 11.9 Å². The highest BCUT2D eigenvalue weighted by atomic mass is 32.1. The van der Waals surface area contributed by atoms with Gasteiger partial charge in [-0.05, 0) is 37.1 Å². The first kappa shape index (κ1) is 16.2. The molecule has 1 amide bonds. The van der Waals surface area contributed by atoms with Crippen LogP contribution in [0.25, 0.3) is 10.9 Å². The highest BCUT2D eigenvalue weighted by Crippen LogP contribution is 2.38. The summed E-state index contributed by atoms with van der Waals surface area (Å²) in [5, 5.41) is 3.97. The average Bonchev–Trinajstić information content (AvgIpc) is 3.30. The molecule has 0 aliphatic carbocycles. The highest BCUT2D eigenvalue weighted by Gasteiger charge is 2.36. The molecule has 0 saturated heterocycles. The van der Waals surface area contributed by atoms with Gasteiger partial charge in [-0.2, -0.15) is 0 Å². The Bertz CT molecular complexity index is 1130. The third-order valence-electron chi connectivity index (χ3n) is 5.10. The molecule has 1 aromatic carbocycles. The van der Waals surface area contributed by atoms with Gasteiger partial charge in [0.2, 0.25) is 0 Å². The maximum Gasteiger partial charge on any atom is 0.274 e. The van der Waals surface area contributed by atoms with Gasteiger partial charge in [0.05, 0.1) is 10.7 Å². The van der Waals surface area contributed by atoms with E-state index in [0.29, 0.717) is 12.2 Å². The van der Waals surface area contributed by atoms with E-state index in [1.165, 1.54) is 22.3 Å². The van der Waals surface area contributed by atoms with E-state index in [9.17, 15) is 4.79 Å². The zero-order valence-electron chi connectivity index (χ0n) is 14.8. The molecule has 1 aliphatic rings. The van der Waals surface area contributed by atoms with Crippen molar-refractivity contribution in [3.63, 3.8) is 0 Å². The third kappa shape index (κ3) is 2.64. The number of para-hydroxylation sites is 1. The van der Waals surface area contributed by atoms with E-state index in [4.69, 9.17) is 0 Å². The number of rotatable bonds is 2. The molecule has 0 radical (unpaired) electrons. The molecule has 0 saturated carbocycles. The lowest BCUT2D eigenvalue weighted by atomic mass is 9.94. The normalized spacial score (nSPS) is 16.5. The zero-order chi connectivity index (χ0) is 18.4. The van der Waals surface area contributed by atoms with Crippen LogP contribution in [0.5, 0.6) is 0 Å². The molecule has 4 heterocycles. The highest BCUT2D eigenvalue weighted by molar-refractivity contribution is 7.09. The van der Waals surface area contributed by atoms with Crippen LogP contribution in [0, 0.1) is 6.92 Å². The summed E-state index contributed by atoms with van der Waals surface area (Å²) >= 11 is 1.50. The van der Waals surface area contributed by atoms with Crippen molar-refractivity contribution in [2.45, 2.75) is 19.4 Å². The fraction of sp³-hybridized carbons (Fsp3) is 0.190. The molecule has 4 aromatic rings. The number of thiazole rings is 1. The third-order valence-corrected chi connectivity index (χ3v) is 5.87. The molecule has 0 bridgehead atoms. The molecule has 1 atom stereocenters. The lowest BCUT2D eigenvalue weighted by Gasteiger charge is -2.35. The predicted molar refractivity (Wildman–Crippen MR) is 106 cm³/mol. The van der Waals surface area contributed by atoms with Gasteiger partial charge in [0, 0.05) is 34.7 Å². The number of benzene rings is 1. The number of aryl methyl sites for hydroxylation is 1. The van der Waals surface area contributed by atoms with Crippen LogP contribution >= 0.6 is 11.3 Å². The van der Waals surface area contributed by atoms with Crippen LogP contribution in [0.2, 0.25) is 0 Å². The van der Waals surface area contributed by atoms with Gasteiger partial charge in [-0.3, -0.25) is 9.78 Å². The Morgan fingerprint density at radius 1 is 1.22 bits per heavy atom. The van der Waals surface area contributed by atoms with Gasteiger partial charge in [-0.25, -0.2) is 4.98 Å². The first-order valence-corrected chi connectivity index (χ1v) is 9.84. The summed E-state index contributed by atoms with van der Waals surface area (Å²) < 4.78 is 0. The Balaban J connectivity index is 1.67. The van der Waals surface area contributed by atoms with Crippen LogP contribution in [0.1, 0.15) is 38.5 Å². The molecular weight excluding hydrogens is 356 g/mol. The van der Waals surface area contributed by atoms with Crippen LogP contribution < -0.4 is 0 Å². The monoisotopic (exact) mass is 374 g/mol. The fourth-order valence-electron chi connectivity index (χ4n) is 3.91. The van der Waals surface area contributed by atoms with Crippen LogP contribution in [0.15, 0.2) is 54.0 Å². The zero-order valence-corrected chi connectivity index (χ0v) is 15.7. The number of fused-ring (bicyclic) bond motifs is 3. The molecule has 27 heavy (non-hydrogen) atoms. The summed E-state index contributed by atoms with van der Waals surface area (Å²) in [6, 6.07) is 13.9. The summed E-state index contributed by atoms with van der Waals surface area (Å²) in [6.45, 7) is 2.56. The second-order valence-electron chi connectivity index (χ2n) is 6.72. The molecule has 0 unspecified atom stereocenters. The van der Waals surface area contributed by atoms with Crippen molar-refractivity contribution in [3.8, 4) is 0 Å². The molecule has 3 aromatic heterocycles. The minimum Gasteiger partial charge on any atom is -0.356 e. The molecule has 1 aliphatic heterocycles. The van der Waals surface area contributed by atoms with Gasteiger partial charge in [0.25, 0.3) is 5.91 Å². The van der Waals surface area contributed by atoms with E-state index >= 15 is 0 Å². The fourth-order valence-corrected chi connectivity index (χ4v) is 4.50. The Kier molecular flexibility index (Phi) is 3.79. The topological polar surface area (TPSA) is 61.9 Å². The molecular formula is C21H18N4OS. The van der Waals surface area contributed by atoms with Crippen molar-refractivity contribution in [2.24, 2.45) is 0 Å². The Labute approximate surface area is 160 Å². The largest absolute Gasteiger partial charge is 0.356 e. The lowest BCUT2D eigenvalue weighted by Crippen LogP contribution is -2.41. The molecule has 1 N–H and O–H groups in total. The molecule has 0 spiro atoms. The molecule has 5 nitrogen and oxygen atoms in total. The number of carbonyl (C=O) groups is 1. The van der Waals surface area contributed by atoms with Crippen LogP contribution in [-0.4, -0.2) is 32.3 Å². The van der Waals surface area contributed by atoms with Crippen LogP contribution in [-0.2, 0) is 6.42 Å². The molecule has 134 valence electrons. The number of amides is 1. The number of pyridine rings is 1. The minimum absolute atomic E-state index is 0.0423. The van der Waals surface area contributed by atoms with E-state index in [1.54, 1.807) is 6.20 Å². The number of hydrogen-bond donors (Lipinski definition) is 1. The van der Waals surface area contributed by atoms with Crippen molar-refractivity contribution in [1.29, 1.82) is 0 Å². The maximum absolute atomic E-state index is 13.3. The van der Waals surface area contributed by atoms with Gasteiger partial charge in [0.1, 0.15) is 11.7 Å². The van der Waals surface area contributed by atoms with Crippen molar-refractivity contribution < 1.29 is 4.79 Å². The lowest BCUT2D eigenvalue weighted by molar-refractivity contribution is 0.0683. The Hall–Kier alpha value is -2.99. The summed E-state index contributed by atoms with van der Waals surface area (Å²) in [5.74, 6) is -0.0423. The second-order valence-corrected chi connectivity index (χ2v) is 7.78. The number of aromatic amines is 1. The number of nitrogens with one attached hydrogen (secondary N) is 1.